The van der Waals surface area contributed by atoms with Crippen LogP contribution in [0.2, 0.25) is 10.0 Å². The third kappa shape index (κ3) is 3.51. The van der Waals surface area contributed by atoms with Crippen LogP contribution >= 0.6 is 55.1 Å². The van der Waals surface area contributed by atoms with Gasteiger partial charge >= 0.3 is 0 Å². The van der Waals surface area contributed by atoms with Crippen molar-refractivity contribution in [3.8, 4) is 5.75 Å². The van der Waals surface area contributed by atoms with Crippen LogP contribution in [0.5, 0.6) is 5.75 Å². The normalized spacial score (nSPS) is 12.2. The molecule has 1 atom stereocenters. The van der Waals surface area contributed by atoms with Crippen LogP contribution < -0.4 is 4.74 Å². The van der Waals surface area contributed by atoms with E-state index in [1.54, 1.807) is 0 Å². The Hall–Kier alpha value is -0.220. The Morgan fingerprint density at radius 3 is 2.40 bits per heavy atom. The molecule has 0 bridgehead atoms. The van der Waals surface area contributed by atoms with Gasteiger partial charge in [-0.25, -0.2) is 0 Å². The molecule has 0 radical (unpaired) electrons. The first kappa shape index (κ1) is 16.2. The quantitative estimate of drug-likeness (QED) is 0.486. The van der Waals surface area contributed by atoms with Crippen LogP contribution in [0, 0.1) is 0 Å². The average molecular weight is 439 g/mol. The molecular formula is C15H12Br2Cl2O. The molecule has 1 unspecified atom stereocenters. The summed E-state index contributed by atoms with van der Waals surface area (Å²) >= 11 is 19.7. The van der Waals surface area contributed by atoms with Crippen molar-refractivity contribution in [2.75, 3.05) is 6.61 Å². The molecule has 106 valence electrons. The number of ether oxygens (including phenoxy) is 1. The maximum atomic E-state index is 6.28. The van der Waals surface area contributed by atoms with Gasteiger partial charge < -0.3 is 4.74 Å². The first-order chi connectivity index (χ1) is 9.54. The van der Waals surface area contributed by atoms with Gasteiger partial charge in [-0.1, -0.05) is 61.1 Å². The predicted octanol–water partition coefficient (Wildman–Crippen LogP) is 6.64. The zero-order valence-corrected chi connectivity index (χ0v) is 15.4. The van der Waals surface area contributed by atoms with Crippen molar-refractivity contribution < 1.29 is 4.74 Å². The van der Waals surface area contributed by atoms with Crippen LogP contribution in [-0.4, -0.2) is 6.61 Å². The second-order valence-electron chi connectivity index (χ2n) is 4.11. The van der Waals surface area contributed by atoms with Gasteiger partial charge in [0.2, 0.25) is 0 Å². The molecule has 0 aliphatic rings. The predicted molar refractivity (Wildman–Crippen MR) is 92.5 cm³/mol. The van der Waals surface area contributed by atoms with E-state index in [1.165, 1.54) is 0 Å². The molecule has 20 heavy (non-hydrogen) atoms. The Morgan fingerprint density at radius 1 is 1.15 bits per heavy atom. The Labute approximate surface area is 145 Å². The summed E-state index contributed by atoms with van der Waals surface area (Å²) in [4.78, 5) is -0.136. The van der Waals surface area contributed by atoms with Crippen molar-refractivity contribution in [1.82, 2.24) is 0 Å². The summed E-state index contributed by atoms with van der Waals surface area (Å²) in [6, 6.07) is 11.4. The zero-order valence-electron chi connectivity index (χ0n) is 10.7. The fourth-order valence-corrected chi connectivity index (χ4v) is 4.02. The Balaban J connectivity index is 2.52. The maximum absolute atomic E-state index is 6.28. The van der Waals surface area contributed by atoms with Crippen LogP contribution in [0.25, 0.3) is 0 Å². The average Bonchev–Trinajstić information content (AvgIpc) is 2.40. The lowest BCUT2D eigenvalue weighted by Crippen LogP contribution is -2.01. The summed E-state index contributed by atoms with van der Waals surface area (Å²) in [5.41, 5.74) is 1.83. The molecule has 0 saturated carbocycles. The van der Waals surface area contributed by atoms with Gasteiger partial charge in [-0.05, 0) is 37.3 Å². The number of hydrogen-bond donors (Lipinski definition) is 0. The molecular weight excluding hydrogens is 427 g/mol. The van der Waals surface area contributed by atoms with Crippen molar-refractivity contribution in [3.63, 3.8) is 0 Å². The van der Waals surface area contributed by atoms with Gasteiger partial charge in [0.1, 0.15) is 5.75 Å². The summed E-state index contributed by atoms with van der Waals surface area (Å²) in [5, 5.41) is 1.25. The van der Waals surface area contributed by atoms with Gasteiger partial charge in [-0.3, -0.25) is 0 Å². The van der Waals surface area contributed by atoms with E-state index in [4.69, 9.17) is 27.9 Å². The van der Waals surface area contributed by atoms with Gasteiger partial charge in [0, 0.05) is 25.6 Å². The molecule has 2 aromatic rings. The standard InChI is InChI=1S/C15H12Br2Cl2O/c1-2-20-13-7-6-9(16)8-10(13)15(17)14-11(18)4-3-5-12(14)19/h3-8,15H,2H2,1H3. The molecule has 0 fully saturated rings. The van der Waals surface area contributed by atoms with Gasteiger partial charge in [-0.2, -0.15) is 0 Å². The largest absolute Gasteiger partial charge is 0.494 e. The summed E-state index contributed by atoms with van der Waals surface area (Å²) in [7, 11) is 0. The molecule has 0 aliphatic heterocycles. The van der Waals surface area contributed by atoms with Gasteiger partial charge in [-0.15, -0.1) is 0 Å². The van der Waals surface area contributed by atoms with E-state index in [9.17, 15) is 0 Å². The van der Waals surface area contributed by atoms with Crippen LogP contribution in [0.1, 0.15) is 22.9 Å². The molecule has 0 spiro atoms. The third-order valence-electron chi connectivity index (χ3n) is 2.80. The van der Waals surface area contributed by atoms with E-state index in [0.717, 1.165) is 21.3 Å². The van der Waals surface area contributed by atoms with E-state index in [1.807, 2.05) is 43.3 Å². The summed E-state index contributed by atoms with van der Waals surface area (Å²) in [6.07, 6.45) is 0. The fourth-order valence-electron chi connectivity index (χ4n) is 1.91. The highest BCUT2D eigenvalue weighted by Crippen LogP contribution is 2.43. The highest BCUT2D eigenvalue weighted by atomic mass is 79.9. The number of alkyl halides is 1. The van der Waals surface area contributed by atoms with Crippen molar-refractivity contribution in [3.05, 3.63) is 62.0 Å². The minimum absolute atomic E-state index is 0.136. The molecule has 1 nitrogen and oxygen atoms in total. The molecule has 0 N–H and O–H groups in total. The van der Waals surface area contributed by atoms with E-state index < -0.39 is 0 Å². The molecule has 0 amide bonds. The molecule has 0 heterocycles. The van der Waals surface area contributed by atoms with E-state index in [0.29, 0.717) is 16.7 Å². The smallest absolute Gasteiger partial charge is 0.124 e. The second kappa shape index (κ2) is 7.17. The van der Waals surface area contributed by atoms with Crippen LogP contribution in [0.4, 0.5) is 0 Å². The van der Waals surface area contributed by atoms with Crippen LogP contribution in [0.15, 0.2) is 40.9 Å². The first-order valence-corrected chi connectivity index (χ1v) is 8.51. The summed E-state index contributed by atoms with van der Waals surface area (Å²) < 4.78 is 6.65. The van der Waals surface area contributed by atoms with Gasteiger partial charge in [0.15, 0.2) is 0 Å². The molecule has 0 aromatic heterocycles. The lowest BCUT2D eigenvalue weighted by molar-refractivity contribution is 0.337. The molecule has 2 aromatic carbocycles. The Bertz CT molecular complexity index is 597. The number of benzene rings is 2. The Morgan fingerprint density at radius 2 is 1.80 bits per heavy atom. The second-order valence-corrected chi connectivity index (χ2v) is 6.76. The summed E-state index contributed by atoms with van der Waals surface area (Å²) in [5.74, 6) is 0.813. The van der Waals surface area contributed by atoms with E-state index >= 15 is 0 Å². The Kier molecular flexibility index (Phi) is 5.79. The molecule has 0 saturated heterocycles. The van der Waals surface area contributed by atoms with E-state index in [2.05, 4.69) is 31.9 Å². The van der Waals surface area contributed by atoms with Gasteiger partial charge in [0.05, 0.1) is 11.4 Å². The highest BCUT2D eigenvalue weighted by molar-refractivity contribution is 9.10. The minimum atomic E-state index is -0.136. The first-order valence-electron chi connectivity index (χ1n) is 6.04. The van der Waals surface area contributed by atoms with Crippen molar-refractivity contribution in [1.29, 1.82) is 0 Å². The number of halogens is 4. The van der Waals surface area contributed by atoms with Crippen molar-refractivity contribution >= 4 is 55.1 Å². The van der Waals surface area contributed by atoms with Crippen LogP contribution in [-0.2, 0) is 0 Å². The number of hydrogen-bond acceptors (Lipinski definition) is 1. The maximum Gasteiger partial charge on any atom is 0.124 e. The van der Waals surface area contributed by atoms with Crippen molar-refractivity contribution in [2.24, 2.45) is 0 Å². The van der Waals surface area contributed by atoms with Crippen molar-refractivity contribution in [2.45, 2.75) is 11.8 Å². The zero-order chi connectivity index (χ0) is 14.7. The fraction of sp³-hybridized carbons (Fsp3) is 0.200. The molecule has 0 aliphatic carbocycles. The SMILES string of the molecule is CCOc1ccc(Br)cc1C(Br)c1c(Cl)cccc1Cl. The molecule has 5 heteroatoms. The highest BCUT2D eigenvalue weighted by Gasteiger charge is 2.21. The van der Waals surface area contributed by atoms with E-state index in [-0.39, 0.29) is 4.83 Å². The monoisotopic (exact) mass is 436 g/mol. The lowest BCUT2D eigenvalue weighted by Gasteiger charge is -2.18. The van der Waals surface area contributed by atoms with Crippen LogP contribution in [0.3, 0.4) is 0 Å². The van der Waals surface area contributed by atoms with Gasteiger partial charge in [0.25, 0.3) is 0 Å². The minimum Gasteiger partial charge on any atom is -0.494 e. The number of rotatable bonds is 4. The third-order valence-corrected chi connectivity index (χ3v) is 4.90. The summed E-state index contributed by atoms with van der Waals surface area (Å²) in [6.45, 7) is 2.56. The topological polar surface area (TPSA) is 9.23 Å². The lowest BCUT2D eigenvalue weighted by atomic mass is 10.0. The molecule has 2 rings (SSSR count).